The molecule has 0 aromatic rings. The highest BCUT2D eigenvalue weighted by molar-refractivity contribution is 7.50. The molecule has 1 saturated heterocycles. The number of carboxylic acid groups (broad SMARTS) is 3. The molecule has 6 rings (SSSR count). The van der Waals surface area contributed by atoms with Crippen LogP contribution in [0.1, 0.15) is 105 Å². The van der Waals surface area contributed by atoms with Crippen molar-refractivity contribution in [2.45, 2.75) is 111 Å². The van der Waals surface area contributed by atoms with Crippen LogP contribution in [0.4, 0.5) is 0 Å². The van der Waals surface area contributed by atoms with Crippen LogP contribution in [0.15, 0.2) is 119 Å². The summed E-state index contributed by atoms with van der Waals surface area (Å²) in [6.45, 7) is 13.9. The van der Waals surface area contributed by atoms with Gasteiger partial charge < -0.3 is 36.0 Å². The molecule has 358 valence electrons. The Morgan fingerprint density at radius 2 is 1.66 bits per heavy atom. The van der Waals surface area contributed by atoms with Gasteiger partial charge in [0.15, 0.2) is 0 Å². The third kappa shape index (κ3) is 11.6. The predicted molar refractivity (Wildman–Crippen MR) is 251 cm³/mol. The number of carboxylic acids is 3. The predicted octanol–water partition coefficient (Wildman–Crippen LogP) is 6.99. The van der Waals surface area contributed by atoms with Crippen LogP contribution in [-0.4, -0.2) is 91.2 Å². The molecule has 1 amide bonds. The van der Waals surface area contributed by atoms with Gasteiger partial charge in [0.05, 0.1) is 46.8 Å². The normalized spacial score (nSPS) is 21.6. The molecule has 5 aliphatic heterocycles. The largest absolute Gasteiger partial charge is 0.511 e. The van der Waals surface area contributed by atoms with Gasteiger partial charge in [0.2, 0.25) is 5.91 Å². The number of aliphatic hydroxyl groups excluding tert-OH is 1. The third-order valence-electron chi connectivity index (χ3n) is 13.0. The van der Waals surface area contributed by atoms with Crippen LogP contribution >= 0.6 is 7.75 Å². The molecule has 6 aliphatic rings. The van der Waals surface area contributed by atoms with Gasteiger partial charge in [0.1, 0.15) is 17.6 Å². The number of rotatable bonds is 23. The summed E-state index contributed by atoms with van der Waals surface area (Å²) >= 11 is 0. The molecule has 5 heterocycles. The van der Waals surface area contributed by atoms with Gasteiger partial charge in [0, 0.05) is 78.6 Å². The van der Waals surface area contributed by atoms with Crippen molar-refractivity contribution in [1.29, 1.82) is 0 Å². The molecule has 19 heteroatoms. The maximum absolute atomic E-state index is 13.3. The number of fused-ring (bicyclic) bond motifs is 5. The zero-order chi connectivity index (χ0) is 48.9. The molecule has 0 aromatic heterocycles. The molecule has 8 bridgehead atoms. The number of ketones is 1. The van der Waals surface area contributed by atoms with Crippen LogP contribution in [0.5, 0.6) is 0 Å². The fourth-order valence-corrected chi connectivity index (χ4v) is 10.2. The van der Waals surface area contributed by atoms with Crippen LogP contribution < -0.4 is 15.7 Å². The topological polar surface area (TPSA) is 286 Å². The van der Waals surface area contributed by atoms with Crippen molar-refractivity contribution in [2.75, 3.05) is 13.2 Å². The van der Waals surface area contributed by atoms with Gasteiger partial charge in [-0.3, -0.25) is 28.5 Å². The number of hydrogen-bond acceptors (Lipinski definition) is 12. The molecule has 1 aliphatic carbocycles. The molecule has 2 unspecified atom stereocenters. The zero-order valence-electron chi connectivity index (χ0n) is 38.4. The second kappa shape index (κ2) is 21.3. The lowest BCUT2D eigenvalue weighted by atomic mass is 9.86. The van der Waals surface area contributed by atoms with E-state index in [1.807, 2.05) is 37.2 Å². The number of unbranched alkanes of at least 4 members (excludes halogenated alkanes) is 2. The maximum atomic E-state index is 13.3. The number of carbonyl (C=O) groups excluding carboxylic acids is 2. The molecule has 5 atom stereocenters. The fraction of sp³-hybridized carbons (Fsp3) is 0.458. The van der Waals surface area contributed by atoms with E-state index in [4.69, 9.17) is 24.6 Å². The lowest BCUT2D eigenvalue weighted by molar-refractivity contribution is -0.145. The first kappa shape index (κ1) is 50.3. The van der Waals surface area contributed by atoms with E-state index in [1.54, 1.807) is 0 Å². The van der Waals surface area contributed by atoms with Crippen molar-refractivity contribution in [3.05, 3.63) is 104 Å². The van der Waals surface area contributed by atoms with E-state index in [0.717, 1.165) is 91.1 Å². The summed E-state index contributed by atoms with van der Waals surface area (Å²) in [6, 6.07) is -1.74. The van der Waals surface area contributed by atoms with Gasteiger partial charge in [0.25, 0.3) is 0 Å². The van der Waals surface area contributed by atoms with Crippen LogP contribution in [0, 0.1) is 17.8 Å². The van der Waals surface area contributed by atoms with Crippen molar-refractivity contribution < 1.29 is 58.4 Å². The first-order valence-corrected chi connectivity index (χ1v) is 24.1. The van der Waals surface area contributed by atoms with Crippen molar-refractivity contribution in [2.24, 2.45) is 32.7 Å². The quantitative estimate of drug-likeness (QED) is 0.0379. The Labute approximate surface area is 388 Å². The minimum atomic E-state index is -4.87. The summed E-state index contributed by atoms with van der Waals surface area (Å²) in [5, 5.41) is 47.5. The first-order chi connectivity index (χ1) is 31.7. The molecule has 8 N–H and O–H groups in total. The molecular weight excluding hydrogens is 884 g/mol. The number of allylic oxidation sites excluding steroid dienone is 12. The zero-order valence-corrected chi connectivity index (χ0v) is 39.3. The Morgan fingerprint density at radius 1 is 0.940 bits per heavy atom. The van der Waals surface area contributed by atoms with Gasteiger partial charge in [-0.05, 0) is 93.4 Å². The van der Waals surface area contributed by atoms with Gasteiger partial charge in [-0.25, -0.2) is 24.6 Å². The Kier molecular flexibility index (Phi) is 16.0. The van der Waals surface area contributed by atoms with Gasteiger partial charge in [-0.1, -0.05) is 32.9 Å². The average Bonchev–Trinajstić information content (AvgIpc) is 4.02. The summed E-state index contributed by atoms with van der Waals surface area (Å²) in [5.74, 6) is -6.35. The number of aliphatic carboxylic acids is 3. The number of aliphatic hydroxyl groups is 1. The van der Waals surface area contributed by atoms with E-state index >= 15 is 0 Å². The second-order valence-corrected chi connectivity index (χ2v) is 19.0. The van der Waals surface area contributed by atoms with E-state index in [0.29, 0.717) is 38.6 Å². The molecule has 18 nitrogen and oxygen atoms in total. The van der Waals surface area contributed by atoms with Gasteiger partial charge in [-0.2, -0.15) is 0 Å². The Morgan fingerprint density at radius 3 is 2.33 bits per heavy atom. The van der Waals surface area contributed by atoms with Crippen LogP contribution in [0.2, 0.25) is 0 Å². The van der Waals surface area contributed by atoms with E-state index in [-0.39, 0.29) is 36.3 Å². The molecule has 0 aromatic carbocycles. The summed E-state index contributed by atoms with van der Waals surface area (Å²) in [4.78, 5) is 85.2. The molecule has 67 heavy (non-hydrogen) atoms. The minimum absolute atomic E-state index is 0.0217. The molecule has 0 saturated carbocycles. The molecule has 0 spiro atoms. The molecular formula is C48H59N6O12P. The highest BCUT2D eigenvalue weighted by atomic mass is 31.2. The average molecular weight is 943 g/mol. The van der Waals surface area contributed by atoms with E-state index < -0.39 is 69.3 Å². The molecule has 0 radical (unpaired) electrons. The number of Topliss-reactive ketones (excluding diaryl/α,β-unsaturated/α-hetero) is 1. The lowest BCUT2D eigenvalue weighted by Gasteiger charge is -2.20. The van der Waals surface area contributed by atoms with E-state index in [1.165, 1.54) is 0 Å². The smallest absolute Gasteiger partial charge is 0.403 e. The summed E-state index contributed by atoms with van der Waals surface area (Å²) < 4.78 is 17.2. The van der Waals surface area contributed by atoms with Gasteiger partial charge in [-0.15, -0.1) is 0 Å². The SMILES string of the molecule is C=CC1=C(C)C2=NC1=CC1=NC(=CC3=C(C)C4=C(O)CC(=C5NC(=C2)[C@@H](C)C5CCC(=O)NCCCCCC(=O)C[C@@H](COP(=O)(O)N[C@@H](CCC(=O)O)C(=O)O)C(=O)O)C4=N3)C(CC)=C1C. The summed E-state index contributed by atoms with van der Waals surface area (Å²) in [5.41, 5.74) is 13.2. The van der Waals surface area contributed by atoms with Crippen molar-refractivity contribution in [1.82, 2.24) is 15.7 Å². The van der Waals surface area contributed by atoms with Gasteiger partial charge >= 0.3 is 25.7 Å². The number of hydrogen-bond donors (Lipinski definition) is 8. The number of amides is 1. The standard InChI is InChI=1S/C48H59N6O12P/c1-7-30-24(3)35-20-37-26(5)32(45(52-37)33-19-41(56)44-27(6)38(53-46(33)44)22-40-31(8-2)25(4)36(51-40)21-39(30)50-35)13-15-42(57)49-17-11-9-10-12-29(55)18-28(47(60)61)23-66-67(64,65)54-34(48(62)63)14-16-43(58)59/h7,20-22,26,28,32,34,52,56H,1,8-19,23H2,2-6H3,(H,49,57)(H,58,59)(H,60,61)(H,62,63)(H2,54,64,65)/t26-,28-,32?,34-/m0/s1. The highest BCUT2D eigenvalue weighted by Crippen LogP contribution is 2.47. The Hall–Kier alpha value is -6.07. The molecule has 1 fully saturated rings. The van der Waals surface area contributed by atoms with Crippen molar-refractivity contribution in [3.63, 3.8) is 0 Å². The number of aliphatic imine (C=N–C) groups is 3. The monoisotopic (exact) mass is 942 g/mol. The fourth-order valence-electron chi connectivity index (χ4n) is 9.14. The van der Waals surface area contributed by atoms with E-state index in [9.17, 15) is 48.8 Å². The number of carbonyl (C=O) groups is 5. The third-order valence-corrected chi connectivity index (χ3v) is 14.1. The Bertz CT molecular complexity index is 2580. The van der Waals surface area contributed by atoms with Crippen molar-refractivity contribution >= 4 is 54.5 Å². The van der Waals surface area contributed by atoms with Crippen LogP contribution in [0.3, 0.4) is 0 Å². The maximum Gasteiger partial charge on any atom is 0.403 e. The second-order valence-electron chi connectivity index (χ2n) is 17.5. The minimum Gasteiger partial charge on any atom is -0.511 e. The van der Waals surface area contributed by atoms with Crippen molar-refractivity contribution in [3.8, 4) is 0 Å². The summed E-state index contributed by atoms with van der Waals surface area (Å²) in [7, 11) is -4.87. The Balaban J connectivity index is 1.06. The highest BCUT2D eigenvalue weighted by Gasteiger charge is 2.41. The van der Waals surface area contributed by atoms with Crippen LogP contribution in [-0.2, 0) is 33.1 Å². The number of nitrogens with zero attached hydrogens (tertiary/aromatic N) is 3. The van der Waals surface area contributed by atoms with Crippen LogP contribution in [0.25, 0.3) is 0 Å². The number of nitrogens with one attached hydrogen (secondary N) is 3. The van der Waals surface area contributed by atoms with E-state index in [2.05, 4.69) is 44.1 Å². The lowest BCUT2D eigenvalue weighted by Crippen LogP contribution is -2.36. The summed E-state index contributed by atoms with van der Waals surface area (Å²) in [6.07, 6.45) is 9.60. The first-order valence-electron chi connectivity index (χ1n) is 22.5.